The summed E-state index contributed by atoms with van der Waals surface area (Å²) in [5, 5.41) is 3.63. The largest absolute Gasteiger partial charge is 0.493 e. The van der Waals surface area contributed by atoms with Gasteiger partial charge in [0.15, 0.2) is 0 Å². The summed E-state index contributed by atoms with van der Waals surface area (Å²) in [6.45, 7) is 6.86. The Balaban J connectivity index is 1.97. The molecule has 2 aromatic carbocycles. The third-order valence-electron chi connectivity index (χ3n) is 4.02. The van der Waals surface area contributed by atoms with Crippen molar-refractivity contribution in [1.82, 2.24) is 0 Å². The van der Waals surface area contributed by atoms with Crippen LogP contribution in [0.5, 0.6) is 11.5 Å². The Bertz CT molecular complexity index is 792. The van der Waals surface area contributed by atoms with Crippen LogP contribution < -0.4 is 9.47 Å². The Hall–Kier alpha value is -2.82. The lowest BCUT2D eigenvalue weighted by atomic mass is 10.1. The maximum atomic E-state index is 14.2. The number of allylic oxidation sites excluding steroid dienone is 1. The van der Waals surface area contributed by atoms with E-state index in [-0.39, 0.29) is 5.82 Å². The Morgan fingerprint density at radius 1 is 1.07 bits per heavy atom. The number of rotatable bonds is 9. The molecule has 0 saturated heterocycles. The fourth-order valence-corrected chi connectivity index (χ4v) is 2.69. The molecule has 0 bridgehead atoms. The normalized spacial score (nSPS) is 11.3. The summed E-state index contributed by atoms with van der Waals surface area (Å²) in [5.74, 6) is 1.35. The summed E-state index contributed by atoms with van der Waals surface area (Å²) < 4.78 is 25.8. The fourth-order valence-electron chi connectivity index (χ4n) is 2.69. The van der Waals surface area contributed by atoms with E-state index in [1.54, 1.807) is 12.1 Å². The first kappa shape index (κ1) is 20.5. The molecule has 27 heavy (non-hydrogen) atoms. The first-order valence-electron chi connectivity index (χ1n) is 8.88. The second kappa shape index (κ2) is 10.4. The number of aryl methyl sites for hydroxylation is 2. The zero-order chi connectivity index (χ0) is 19.6. The van der Waals surface area contributed by atoms with Crippen molar-refractivity contribution in [3.8, 4) is 11.5 Å². The van der Waals surface area contributed by atoms with Gasteiger partial charge in [0, 0.05) is 6.42 Å². The molecule has 0 aromatic heterocycles. The number of ether oxygens (including phenoxy) is 2. The van der Waals surface area contributed by atoms with Crippen molar-refractivity contribution in [2.45, 2.75) is 27.2 Å². The summed E-state index contributed by atoms with van der Waals surface area (Å²) in [5.41, 5.74) is 3.25. The van der Waals surface area contributed by atoms with E-state index in [2.05, 4.69) is 9.99 Å². The Kier molecular flexibility index (Phi) is 7.86. The highest BCUT2D eigenvalue weighted by atomic mass is 19.1. The number of benzene rings is 2. The Morgan fingerprint density at radius 3 is 2.44 bits per heavy atom. The van der Waals surface area contributed by atoms with E-state index < -0.39 is 0 Å². The lowest BCUT2D eigenvalue weighted by Crippen LogP contribution is -2.06. The van der Waals surface area contributed by atoms with Gasteiger partial charge in [-0.05, 0) is 61.2 Å². The van der Waals surface area contributed by atoms with Gasteiger partial charge in [-0.1, -0.05) is 29.4 Å². The van der Waals surface area contributed by atoms with Gasteiger partial charge >= 0.3 is 0 Å². The summed E-state index contributed by atoms with van der Waals surface area (Å²) in [7, 11) is 1.45. The molecule has 0 fully saturated rings. The predicted octanol–water partition coefficient (Wildman–Crippen LogP) is 5.00. The van der Waals surface area contributed by atoms with Gasteiger partial charge in [-0.2, -0.15) is 0 Å². The molecule has 0 amide bonds. The molecule has 0 aliphatic heterocycles. The van der Waals surface area contributed by atoms with Crippen molar-refractivity contribution in [3.05, 3.63) is 70.6 Å². The van der Waals surface area contributed by atoms with Crippen molar-refractivity contribution in [2.24, 2.45) is 5.16 Å². The third-order valence-corrected chi connectivity index (χ3v) is 4.02. The topological polar surface area (TPSA) is 40.0 Å². The van der Waals surface area contributed by atoms with E-state index in [4.69, 9.17) is 9.47 Å². The van der Waals surface area contributed by atoms with Crippen LogP contribution in [0, 0.1) is 19.7 Å². The molecule has 2 aromatic rings. The van der Waals surface area contributed by atoms with E-state index in [0.29, 0.717) is 30.8 Å². The van der Waals surface area contributed by atoms with Crippen molar-refractivity contribution in [2.75, 3.05) is 20.3 Å². The van der Waals surface area contributed by atoms with Crippen molar-refractivity contribution in [3.63, 3.8) is 0 Å². The van der Waals surface area contributed by atoms with E-state index in [1.165, 1.54) is 19.4 Å². The van der Waals surface area contributed by atoms with E-state index in [9.17, 15) is 4.39 Å². The molecule has 2 rings (SSSR count). The van der Waals surface area contributed by atoms with Gasteiger partial charge in [-0.3, -0.25) is 0 Å². The molecule has 0 atom stereocenters. The van der Waals surface area contributed by atoms with Gasteiger partial charge in [0.25, 0.3) is 0 Å². The van der Waals surface area contributed by atoms with Crippen LogP contribution >= 0.6 is 0 Å². The number of nitrogens with zero attached hydrogens (tertiary/aromatic N) is 1. The van der Waals surface area contributed by atoms with Crippen LogP contribution in [0.15, 0.2) is 47.6 Å². The molecular formula is C22H26FNO3. The number of hydrogen-bond donors (Lipinski definition) is 0. The minimum absolute atomic E-state index is 0.278. The molecule has 0 unspecified atom stereocenters. The summed E-state index contributed by atoms with van der Waals surface area (Å²) in [4.78, 5) is 4.60. The Morgan fingerprint density at radius 2 is 1.81 bits per heavy atom. The minimum Gasteiger partial charge on any atom is -0.493 e. The van der Waals surface area contributed by atoms with Gasteiger partial charge in [0.05, 0.1) is 12.8 Å². The molecule has 0 spiro atoms. The van der Waals surface area contributed by atoms with Gasteiger partial charge in [0.1, 0.15) is 31.0 Å². The second-order valence-corrected chi connectivity index (χ2v) is 6.13. The summed E-state index contributed by atoms with van der Waals surface area (Å²) in [6.07, 6.45) is 5.85. The Labute approximate surface area is 160 Å². The molecule has 0 saturated carbocycles. The number of halogens is 1. The van der Waals surface area contributed by atoms with E-state index in [1.807, 2.05) is 45.1 Å². The smallest absolute Gasteiger partial charge is 0.127 e. The third kappa shape index (κ3) is 6.13. The molecular weight excluding hydrogens is 345 g/mol. The first-order chi connectivity index (χ1) is 13.0. The monoisotopic (exact) mass is 371 g/mol. The molecule has 4 nitrogen and oxygen atoms in total. The molecule has 0 aliphatic rings. The average molecular weight is 371 g/mol. The lowest BCUT2D eigenvalue weighted by molar-refractivity contribution is 0.215. The van der Waals surface area contributed by atoms with Crippen LogP contribution in [-0.4, -0.2) is 26.5 Å². The highest BCUT2D eigenvalue weighted by Crippen LogP contribution is 2.28. The lowest BCUT2D eigenvalue weighted by Gasteiger charge is -2.14. The van der Waals surface area contributed by atoms with Crippen molar-refractivity contribution < 1.29 is 18.7 Å². The second-order valence-electron chi connectivity index (χ2n) is 6.13. The minimum atomic E-state index is -0.278. The molecule has 5 heteroatoms. The van der Waals surface area contributed by atoms with Crippen LogP contribution in [0.1, 0.15) is 29.2 Å². The van der Waals surface area contributed by atoms with Crippen molar-refractivity contribution >= 4 is 6.21 Å². The zero-order valence-corrected chi connectivity index (χ0v) is 16.3. The van der Waals surface area contributed by atoms with Crippen LogP contribution in [0.3, 0.4) is 0 Å². The van der Waals surface area contributed by atoms with Gasteiger partial charge in [0.2, 0.25) is 0 Å². The number of hydrogen-bond acceptors (Lipinski definition) is 4. The van der Waals surface area contributed by atoms with Crippen LogP contribution in [0.2, 0.25) is 0 Å². The fraction of sp³-hybridized carbons (Fsp3) is 0.318. The summed E-state index contributed by atoms with van der Waals surface area (Å²) >= 11 is 0. The standard InChI is InChI=1S/C22H26FNO3/c1-5-6-10-26-20-12-16(2)22(17(3)13-20)27-11-9-19-8-7-18(14-21(19)23)15-24-25-4/h5-8,12-15H,9-11H2,1-4H3/b6-5+,24-15+. The molecule has 0 aliphatic carbocycles. The van der Waals surface area contributed by atoms with Crippen LogP contribution in [0.4, 0.5) is 4.39 Å². The SMILES string of the molecule is C/C=C/COc1cc(C)c(OCCc2ccc(/C=N/OC)cc2F)c(C)c1. The van der Waals surface area contributed by atoms with Gasteiger partial charge in [-0.15, -0.1) is 0 Å². The molecule has 0 radical (unpaired) electrons. The van der Waals surface area contributed by atoms with Crippen LogP contribution in [0.25, 0.3) is 0 Å². The first-order valence-corrected chi connectivity index (χ1v) is 8.88. The molecule has 144 valence electrons. The highest BCUT2D eigenvalue weighted by Gasteiger charge is 2.09. The van der Waals surface area contributed by atoms with Gasteiger partial charge in [-0.25, -0.2) is 4.39 Å². The van der Waals surface area contributed by atoms with E-state index >= 15 is 0 Å². The molecule has 0 heterocycles. The predicted molar refractivity (Wildman–Crippen MR) is 106 cm³/mol. The quantitative estimate of drug-likeness (QED) is 0.354. The number of oxime groups is 1. The van der Waals surface area contributed by atoms with E-state index in [0.717, 1.165) is 22.6 Å². The van der Waals surface area contributed by atoms with Crippen molar-refractivity contribution in [1.29, 1.82) is 0 Å². The van der Waals surface area contributed by atoms with Gasteiger partial charge < -0.3 is 14.3 Å². The average Bonchev–Trinajstić information content (AvgIpc) is 2.64. The zero-order valence-electron chi connectivity index (χ0n) is 16.3. The summed E-state index contributed by atoms with van der Waals surface area (Å²) in [6, 6.07) is 8.89. The van der Waals surface area contributed by atoms with Crippen LogP contribution in [-0.2, 0) is 11.3 Å². The maximum Gasteiger partial charge on any atom is 0.127 e. The molecule has 0 N–H and O–H groups in total. The highest BCUT2D eigenvalue weighted by molar-refractivity contribution is 5.79. The maximum absolute atomic E-state index is 14.2.